The van der Waals surface area contributed by atoms with Crippen molar-refractivity contribution in [2.75, 3.05) is 25.9 Å². The summed E-state index contributed by atoms with van der Waals surface area (Å²) < 4.78 is 39.6. The third kappa shape index (κ3) is 7.36. The van der Waals surface area contributed by atoms with Crippen LogP contribution in [0.2, 0.25) is 0 Å². The summed E-state index contributed by atoms with van der Waals surface area (Å²) in [6.45, 7) is 3.30. The molecule has 0 unspecified atom stereocenters. The van der Waals surface area contributed by atoms with E-state index in [-0.39, 0.29) is 11.9 Å². The fourth-order valence-corrected chi connectivity index (χ4v) is 6.67. The van der Waals surface area contributed by atoms with Crippen LogP contribution in [0.25, 0.3) is 0 Å². The summed E-state index contributed by atoms with van der Waals surface area (Å²) in [5, 5.41) is 0. The first-order chi connectivity index (χ1) is 15.9. The Morgan fingerprint density at radius 3 is 2.36 bits per heavy atom. The van der Waals surface area contributed by atoms with Gasteiger partial charge in [-0.2, -0.15) is 0 Å². The standard InChI is InChI=1S/C27H37FN2O2S/c1-33(31,32)29-26-18-24(27(19-26)23-8-3-2-4-9-23)20-30-16-14-22(15-17-30)7-5-6-21-10-12-25(28)13-11-21/h2-4,8-13,22,24,26-27,29H,5-7,14-20H2,1H3/t24-,26-,27-/m1/s1. The number of hydrogen-bond donors (Lipinski definition) is 1. The lowest BCUT2D eigenvalue weighted by Crippen LogP contribution is -2.38. The first-order valence-corrected chi connectivity index (χ1v) is 14.2. The van der Waals surface area contributed by atoms with Crippen molar-refractivity contribution >= 4 is 10.0 Å². The van der Waals surface area contributed by atoms with E-state index < -0.39 is 10.0 Å². The summed E-state index contributed by atoms with van der Waals surface area (Å²) in [7, 11) is -3.19. The number of sulfonamides is 1. The van der Waals surface area contributed by atoms with Crippen LogP contribution in [-0.2, 0) is 16.4 Å². The Balaban J connectivity index is 1.26. The largest absolute Gasteiger partial charge is 0.303 e. The highest BCUT2D eigenvalue weighted by molar-refractivity contribution is 7.88. The molecule has 3 atom stereocenters. The van der Waals surface area contributed by atoms with E-state index in [4.69, 9.17) is 0 Å². The van der Waals surface area contributed by atoms with Crippen molar-refractivity contribution in [2.24, 2.45) is 11.8 Å². The van der Waals surface area contributed by atoms with E-state index in [2.05, 4.69) is 33.9 Å². The number of likely N-dealkylation sites (tertiary alicyclic amines) is 1. The third-order valence-corrected chi connectivity index (χ3v) is 8.26. The molecule has 1 aliphatic carbocycles. The van der Waals surface area contributed by atoms with Gasteiger partial charge in [-0.05, 0) is 92.6 Å². The first-order valence-electron chi connectivity index (χ1n) is 12.3. The van der Waals surface area contributed by atoms with Crippen molar-refractivity contribution < 1.29 is 12.8 Å². The topological polar surface area (TPSA) is 49.4 Å². The van der Waals surface area contributed by atoms with E-state index in [9.17, 15) is 12.8 Å². The van der Waals surface area contributed by atoms with Crippen LogP contribution in [0.5, 0.6) is 0 Å². The number of nitrogens with zero attached hydrogens (tertiary/aromatic N) is 1. The molecular formula is C27H37FN2O2S. The number of benzene rings is 2. The molecule has 0 radical (unpaired) electrons. The lowest BCUT2D eigenvalue weighted by Gasteiger charge is -2.35. The monoisotopic (exact) mass is 472 g/mol. The molecule has 1 aliphatic heterocycles. The highest BCUT2D eigenvalue weighted by Gasteiger charge is 2.37. The first kappa shape index (κ1) is 24.4. The molecule has 0 aromatic heterocycles. The quantitative estimate of drug-likeness (QED) is 0.560. The fraction of sp³-hybridized carbons (Fsp3) is 0.556. The van der Waals surface area contributed by atoms with Crippen LogP contribution in [-0.4, -0.2) is 45.2 Å². The van der Waals surface area contributed by atoms with Gasteiger partial charge in [0.1, 0.15) is 5.82 Å². The molecule has 4 rings (SSSR count). The van der Waals surface area contributed by atoms with E-state index in [1.54, 1.807) is 12.1 Å². The maximum absolute atomic E-state index is 13.1. The molecule has 2 fully saturated rings. The summed E-state index contributed by atoms with van der Waals surface area (Å²) in [6, 6.07) is 17.5. The zero-order valence-corrected chi connectivity index (χ0v) is 20.4. The van der Waals surface area contributed by atoms with E-state index in [1.165, 1.54) is 36.6 Å². The fourth-order valence-electron chi connectivity index (χ4n) is 5.87. The minimum absolute atomic E-state index is 0.0270. The second-order valence-electron chi connectivity index (χ2n) is 10.1. The highest BCUT2D eigenvalue weighted by atomic mass is 32.2. The Bertz CT molecular complexity index is 973. The minimum Gasteiger partial charge on any atom is -0.303 e. The van der Waals surface area contributed by atoms with Gasteiger partial charge in [0, 0.05) is 12.6 Å². The summed E-state index contributed by atoms with van der Waals surface area (Å²) >= 11 is 0. The van der Waals surface area contributed by atoms with Gasteiger partial charge in [0.25, 0.3) is 0 Å². The molecule has 1 N–H and O–H groups in total. The molecule has 2 aromatic carbocycles. The Morgan fingerprint density at radius 1 is 1.00 bits per heavy atom. The van der Waals surface area contributed by atoms with E-state index in [1.807, 2.05) is 18.2 Å². The number of halogens is 1. The smallest absolute Gasteiger partial charge is 0.208 e. The highest BCUT2D eigenvalue weighted by Crippen LogP contribution is 2.41. The van der Waals surface area contributed by atoms with Gasteiger partial charge in [0.05, 0.1) is 6.26 Å². The summed E-state index contributed by atoms with van der Waals surface area (Å²) in [5.74, 6) is 1.48. The molecule has 1 heterocycles. The average molecular weight is 473 g/mol. The molecule has 2 aromatic rings. The van der Waals surface area contributed by atoms with Gasteiger partial charge in [-0.25, -0.2) is 17.5 Å². The molecule has 0 spiro atoms. The van der Waals surface area contributed by atoms with Gasteiger partial charge in [0.2, 0.25) is 10.0 Å². The number of rotatable bonds is 9. The van der Waals surface area contributed by atoms with Gasteiger partial charge in [-0.15, -0.1) is 0 Å². The van der Waals surface area contributed by atoms with Gasteiger partial charge in [-0.1, -0.05) is 48.9 Å². The van der Waals surface area contributed by atoms with Crippen LogP contribution in [0.4, 0.5) is 4.39 Å². The van der Waals surface area contributed by atoms with Crippen LogP contribution in [0.1, 0.15) is 55.6 Å². The van der Waals surface area contributed by atoms with Crippen LogP contribution < -0.4 is 4.72 Å². The molecule has 0 amide bonds. The molecule has 4 nitrogen and oxygen atoms in total. The van der Waals surface area contributed by atoms with Crippen molar-refractivity contribution in [1.82, 2.24) is 9.62 Å². The molecular weight excluding hydrogens is 435 g/mol. The Hall–Kier alpha value is -1.76. The van der Waals surface area contributed by atoms with Crippen molar-refractivity contribution in [2.45, 2.75) is 56.9 Å². The molecule has 6 heteroatoms. The van der Waals surface area contributed by atoms with E-state index in [0.717, 1.165) is 51.2 Å². The SMILES string of the molecule is CS(=O)(=O)N[C@@H]1C[C@H](CN2CCC(CCCc3ccc(F)cc3)CC2)[C@@H](c2ccccc2)C1. The predicted molar refractivity (Wildman–Crippen MR) is 132 cm³/mol. The van der Waals surface area contributed by atoms with Gasteiger partial charge in [-0.3, -0.25) is 0 Å². The Kier molecular flexibility index (Phi) is 8.20. The minimum atomic E-state index is -3.19. The molecule has 1 saturated heterocycles. The molecule has 2 aliphatic rings. The average Bonchev–Trinajstić information content (AvgIpc) is 3.17. The number of hydrogen-bond acceptors (Lipinski definition) is 3. The normalized spacial score (nSPS) is 24.8. The number of aryl methyl sites for hydroxylation is 1. The van der Waals surface area contributed by atoms with Crippen LogP contribution in [0.15, 0.2) is 54.6 Å². The second kappa shape index (κ2) is 11.1. The van der Waals surface area contributed by atoms with Crippen LogP contribution in [0.3, 0.4) is 0 Å². The van der Waals surface area contributed by atoms with Crippen molar-refractivity contribution in [3.63, 3.8) is 0 Å². The molecule has 1 saturated carbocycles. The summed E-state index contributed by atoms with van der Waals surface area (Å²) in [5.41, 5.74) is 2.55. The molecule has 33 heavy (non-hydrogen) atoms. The van der Waals surface area contributed by atoms with Crippen molar-refractivity contribution in [3.05, 3.63) is 71.5 Å². The Morgan fingerprint density at radius 2 is 1.70 bits per heavy atom. The lowest BCUT2D eigenvalue weighted by molar-refractivity contribution is 0.151. The Labute approximate surface area is 198 Å². The van der Waals surface area contributed by atoms with Crippen LogP contribution >= 0.6 is 0 Å². The number of nitrogens with one attached hydrogen (secondary N) is 1. The molecule has 0 bridgehead atoms. The molecule has 180 valence electrons. The predicted octanol–water partition coefficient (Wildman–Crippen LogP) is 4.97. The summed E-state index contributed by atoms with van der Waals surface area (Å²) in [6.07, 6.45) is 8.93. The number of piperidine rings is 1. The maximum atomic E-state index is 13.1. The van der Waals surface area contributed by atoms with Crippen LogP contribution in [0, 0.1) is 17.7 Å². The maximum Gasteiger partial charge on any atom is 0.208 e. The van der Waals surface area contributed by atoms with E-state index in [0.29, 0.717) is 11.8 Å². The lowest BCUT2D eigenvalue weighted by atomic mass is 9.87. The summed E-state index contributed by atoms with van der Waals surface area (Å²) in [4.78, 5) is 2.60. The van der Waals surface area contributed by atoms with Gasteiger partial charge >= 0.3 is 0 Å². The third-order valence-electron chi connectivity index (χ3n) is 7.49. The van der Waals surface area contributed by atoms with Gasteiger partial charge in [0.15, 0.2) is 0 Å². The van der Waals surface area contributed by atoms with Crippen molar-refractivity contribution in [1.29, 1.82) is 0 Å². The zero-order chi connectivity index (χ0) is 23.3. The second-order valence-corrected chi connectivity index (χ2v) is 11.9. The van der Waals surface area contributed by atoms with E-state index >= 15 is 0 Å². The zero-order valence-electron chi connectivity index (χ0n) is 19.6. The van der Waals surface area contributed by atoms with Crippen molar-refractivity contribution in [3.8, 4) is 0 Å². The van der Waals surface area contributed by atoms with Gasteiger partial charge < -0.3 is 4.90 Å².